The van der Waals surface area contributed by atoms with E-state index in [1.807, 2.05) is 0 Å². The molecule has 1 aromatic rings. The molecule has 1 aliphatic heterocycles. The summed E-state index contributed by atoms with van der Waals surface area (Å²) in [7, 11) is -1.23. The average molecular weight is 278 g/mol. The Kier molecular flexibility index (Phi) is 3.09. The van der Waals surface area contributed by atoms with Crippen LogP contribution in [0.3, 0.4) is 0 Å². The standard InChI is InChI=1S/C8H12ClN5O2S/c1-14(5-2-3-17(15,16)4-5)8-12-6(9)11-7(10)13-8/h5H,2-4H2,1H3,(H2,10,11,12,13). The minimum absolute atomic E-state index is 0.000189. The minimum atomic E-state index is -2.95. The van der Waals surface area contributed by atoms with Crippen molar-refractivity contribution < 1.29 is 8.42 Å². The summed E-state index contributed by atoms with van der Waals surface area (Å²) < 4.78 is 22.8. The van der Waals surface area contributed by atoms with Gasteiger partial charge in [0.2, 0.25) is 17.2 Å². The second kappa shape index (κ2) is 4.26. The number of sulfone groups is 1. The Labute approximate surface area is 104 Å². The van der Waals surface area contributed by atoms with Crippen LogP contribution in [0.4, 0.5) is 11.9 Å². The van der Waals surface area contributed by atoms with Crippen LogP contribution in [-0.2, 0) is 9.84 Å². The first-order valence-electron chi connectivity index (χ1n) is 4.98. The van der Waals surface area contributed by atoms with Crippen LogP contribution < -0.4 is 10.6 Å². The number of nitrogens with two attached hydrogens (primary N) is 1. The van der Waals surface area contributed by atoms with E-state index in [9.17, 15) is 8.42 Å². The molecule has 1 atom stereocenters. The minimum Gasteiger partial charge on any atom is -0.368 e. The molecular weight excluding hydrogens is 266 g/mol. The second-order valence-electron chi connectivity index (χ2n) is 3.93. The van der Waals surface area contributed by atoms with Crippen LogP contribution in [0.2, 0.25) is 5.28 Å². The molecule has 2 N–H and O–H groups in total. The van der Waals surface area contributed by atoms with Gasteiger partial charge >= 0.3 is 0 Å². The fourth-order valence-electron chi connectivity index (χ4n) is 1.76. The number of hydrogen-bond donors (Lipinski definition) is 1. The summed E-state index contributed by atoms with van der Waals surface area (Å²) in [6, 6.07) is -0.141. The third-order valence-corrected chi connectivity index (χ3v) is 4.60. The maximum atomic E-state index is 11.4. The highest BCUT2D eigenvalue weighted by atomic mass is 35.5. The van der Waals surface area contributed by atoms with Crippen LogP contribution in [0.25, 0.3) is 0 Å². The van der Waals surface area contributed by atoms with Crippen molar-refractivity contribution in [2.45, 2.75) is 12.5 Å². The van der Waals surface area contributed by atoms with Gasteiger partial charge in [-0.3, -0.25) is 0 Å². The lowest BCUT2D eigenvalue weighted by molar-refractivity contribution is 0.600. The molecule has 0 radical (unpaired) electrons. The fourth-order valence-corrected chi connectivity index (χ4v) is 3.69. The number of rotatable bonds is 2. The molecular formula is C8H12ClN5O2S. The zero-order valence-corrected chi connectivity index (χ0v) is 10.7. The molecule has 0 amide bonds. The van der Waals surface area contributed by atoms with Gasteiger partial charge in [-0.1, -0.05) is 0 Å². The van der Waals surface area contributed by atoms with Crippen molar-refractivity contribution in [3.8, 4) is 0 Å². The van der Waals surface area contributed by atoms with E-state index < -0.39 is 9.84 Å². The van der Waals surface area contributed by atoms with Gasteiger partial charge in [-0.2, -0.15) is 15.0 Å². The van der Waals surface area contributed by atoms with E-state index >= 15 is 0 Å². The molecule has 2 rings (SSSR count). The summed E-state index contributed by atoms with van der Waals surface area (Å²) in [5.41, 5.74) is 5.46. The molecule has 1 unspecified atom stereocenters. The van der Waals surface area contributed by atoms with E-state index in [1.54, 1.807) is 11.9 Å². The first-order valence-corrected chi connectivity index (χ1v) is 7.17. The van der Waals surface area contributed by atoms with Crippen molar-refractivity contribution in [1.82, 2.24) is 15.0 Å². The lowest BCUT2D eigenvalue weighted by Crippen LogP contribution is -2.34. The molecule has 0 aromatic carbocycles. The van der Waals surface area contributed by atoms with Crippen LogP contribution in [-0.4, -0.2) is 48.0 Å². The molecule has 0 aliphatic carbocycles. The summed E-state index contributed by atoms with van der Waals surface area (Å²) in [5.74, 6) is 0.612. The monoisotopic (exact) mass is 277 g/mol. The fraction of sp³-hybridized carbons (Fsp3) is 0.625. The van der Waals surface area contributed by atoms with E-state index in [0.717, 1.165) is 0 Å². The number of nitrogen functional groups attached to an aromatic ring is 1. The number of aromatic nitrogens is 3. The van der Waals surface area contributed by atoms with Crippen LogP contribution in [0.15, 0.2) is 0 Å². The SMILES string of the molecule is CN(c1nc(N)nc(Cl)n1)C1CCS(=O)(=O)C1. The van der Waals surface area contributed by atoms with Crippen molar-refractivity contribution in [1.29, 1.82) is 0 Å². The summed E-state index contributed by atoms with van der Waals surface area (Å²) in [6.45, 7) is 0. The Bertz CT molecular complexity index is 514. The van der Waals surface area contributed by atoms with Gasteiger partial charge in [0.15, 0.2) is 9.84 Å². The number of hydrogen-bond acceptors (Lipinski definition) is 7. The molecule has 0 saturated carbocycles. The van der Waals surface area contributed by atoms with Gasteiger partial charge in [-0.15, -0.1) is 0 Å². The van der Waals surface area contributed by atoms with E-state index in [-0.39, 0.29) is 28.8 Å². The summed E-state index contributed by atoms with van der Waals surface area (Å²) in [4.78, 5) is 13.2. The Balaban J connectivity index is 2.23. The molecule has 1 fully saturated rings. The van der Waals surface area contributed by atoms with Crippen LogP contribution in [0.5, 0.6) is 0 Å². The molecule has 9 heteroatoms. The van der Waals surface area contributed by atoms with Gasteiger partial charge in [0.25, 0.3) is 0 Å². The van der Waals surface area contributed by atoms with Crippen molar-refractivity contribution in [2.24, 2.45) is 0 Å². The maximum Gasteiger partial charge on any atom is 0.231 e. The van der Waals surface area contributed by atoms with E-state index in [4.69, 9.17) is 17.3 Å². The maximum absolute atomic E-state index is 11.4. The first-order chi connectivity index (χ1) is 7.87. The Morgan fingerprint density at radius 3 is 2.65 bits per heavy atom. The topological polar surface area (TPSA) is 102 Å². The molecule has 7 nitrogen and oxygen atoms in total. The Hall–Kier alpha value is -1.15. The van der Waals surface area contributed by atoms with E-state index in [0.29, 0.717) is 12.4 Å². The highest BCUT2D eigenvalue weighted by molar-refractivity contribution is 7.91. The highest BCUT2D eigenvalue weighted by Crippen LogP contribution is 2.21. The normalized spacial score (nSPS) is 22.6. The van der Waals surface area contributed by atoms with Gasteiger partial charge in [0.1, 0.15) is 0 Å². The first kappa shape index (κ1) is 12.3. The molecule has 1 saturated heterocycles. The van der Waals surface area contributed by atoms with Crippen molar-refractivity contribution in [2.75, 3.05) is 29.2 Å². The number of anilines is 2. The predicted octanol–water partition coefficient (Wildman–Crippen LogP) is -0.269. The highest BCUT2D eigenvalue weighted by Gasteiger charge is 2.31. The van der Waals surface area contributed by atoms with Crippen molar-refractivity contribution >= 4 is 33.3 Å². The number of halogens is 1. The summed E-state index contributed by atoms with van der Waals surface area (Å²) >= 11 is 5.67. The molecule has 94 valence electrons. The average Bonchev–Trinajstić information content (AvgIpc) is 2.56. The predicted molar refractivity (Wildman–Crippen MR) is 64.7 cm³/mol. The smallest absolute Gasteiger partial charge is 0.231 e. The van der Waals surface area contributed by atoms with Crippen molar-refractivity contribution in [3.63, 3.8) is 0 Å². The third-order valence-electron chi connectivity index (χ3n) is 2.69. The zero-order chi connectivity index (χ0) is 12.6. The lowest BCUT2D eigenvalue weighted by Gasteiger charge is -2.23. The molecule has 0 bridgehead atoms. The quantitative estimate of drug-likeness (QED) is 0.794. The number of nitrogens with zero attached hydrogens (tertiary/aromatic N) is 4. The largest absolute Gasteiger partial charge is 0.368 e. The van der Waals surface area contributed by atoms with Gasteiger partial charge < -0.3 is 10.6 Å². The van der Waals surface area contributed by atoms with Gasteiger partial charge in [-0.05, 0) is 18.0 Å². The molecule has 1 aliphatic rings. The van der Waals surface area contributed by atoms with Gasteiger partial charge in [-0.25, -0.2) is 8.42 Å². The van der Waals surface area contributed by atoms with Crippen molar-refractivity contribution in [3.05, 3.63) is 5.28 Å². The summed E-state index contributed by atoms with van der Waals surface area (Å²) in [5, 5.41) is 0.000189. The molecule has 17 heavy (non-hydrogen) atoms. The van der Waals surface area contributed by atoms with Crippen LogP contribution in [0, 0.1) is 0 Å². The Morgan fingerprint density at radius 1 is 1.41 bits per heavy atom. The summed E-state index contributed by atoms with van der Waals surface area (Å²) in [6.07, 6.45) is 0.558. The van der Waals surface area contributed by atoms with E-state index in [2.05, 4.69) is 15.0 Å². The molecule has 1 aromatic heterocycles. The molecule has 0 spiro atoms. The molecule has 2 heterocycles. The van der Waals surface area contributed by atoms with E-state index in [1.165, 1.54) is 0 Å². The van der Waals surface area contributed by atoms with Crippen LogP contribution in [0.1, 0.15) is 6.42 Å². The second-order valence-corrected chi connectivity index (χ2v) is 6.50. The van der Waals surface area contributed by atoms with Gasteiger partial charge in [0.05, 0.1) is 11.5 Å². The zero-order valence-electron chi connectivity index (χ0n) is 9.17. The third kappa shape index (κ3) is 2.75. The van der Waals surface area contributed by atoms with Gasteiger partial charge in [0, 0.05) is 13.1 Å². The Morgan fingerprint density at radius 2 is 2.12 bits per heavy atom. The van der Waals surface area contributed by atoms with Crippen LogP contribution >= 0.6 is 11.6 Å². The lowest BCUT2D eigenvalue weighted by atomic mass is 10.2.